The largest absolute Gasteiger partial charge is 0.484 e. The molecule has 0 spiro atoms. The predicted molar refractivity (Wildman–Crippen MR) is 90.1 cm³/mol. The van der Waals surface area contributed by atoms with Crippen LogP contribution in [0.15, 0.2) is 42.5 Å². The van der Waals surface area contributed by atoms with Crippen molar-refractivity contribution in [1.82, 2.24) is 10.9 Å². The van der Waals surface area contributed by atoms with Gasteiger partial charge in [0.1, 0.15) is 17.3 Å². The van der Waals surface area contributed by atoms with E-state index in [0.29, 0.717) is 0 Å². The van der Waals surface area contributed by atoms with Gasteiger partial charge < -0.3 is 9.47 Å². The van der Waals surface area contributed by atoms with E-state index in [9.17, 15) is 27.2 Å². The molecule has 11 heteroatoms. The van der Waals surface area contributed by atoms with E-state index >= 15 is 0 Å². The van der Waals surface area contributed by atoms with Crippen LogP contribution in [0, 0.1) is 5.82 Å². The summed E-state index contributed by atoms with van der Waals surface area (Å²) in [6.45, 7) is -1.13. The van der Waals surface area contributed by atoms with E-state index in [1.54, 1.807) is 0 Å². The number of ether oxygens (including phenoxy) is 2. The van der Waals surface area contributed by atoms with E-state index < -0.39 is 42.6 Å². The first-order chi connectivity index (χ1) is 13.1. The molecule has 0 heterocycles. The van der Waals surface area contributed by atoms with Gasteiger partial charge in [-0.25, -0.2) is 4.39 Å². The fourth-order valence-electron chi connectivity index (χ4n) is 1.84. The van der Waals surface area contributed by atoms with Crippen molar-refractivity contribution in [3.63, 3.8) is 0 Å². The van der Waals surface area contributed by atoms with Crippen molar-refractivity contribution in [3.05, 3.63) is 58.9 Å². The van der Waals surface area contributed by atoms with Gasteiger partial charge in [-0.05, 0) is 30.3 Å². The summed E-state index contributed by atoms with van der Waals surface area (Å²) in [5.74, 6) is -2.22. The van der Waals surface area contributed by atoms with E-state index in [0.717, 1.165) is 24.3 Å². The number of hydrazine groups is 1. The van der Waals surface area contributed by atoms with Crippen LogP contribution in [0.2, 0.25) is 5.02 Å². The van der Waals surface area contributed by atoms with Gasteiger partial charge in [0.05, 0.1) is 10.6 Å². The van der Waals surface area contributed by atoms with Crippen molar-refractivity contribution in [2.45, 2.75) is 6.18 Å². The van der Waals surface area contributed by atoms with Crippen LogP contribution in [0.25, 0.3) is 0 Å². The van der Waals surface area contributed by atoms with E-state index in [1.165, 1.54) is 18.2 Å². The third-order valence-corrected chi connectivity index (χ3v) is 3.42. The molecule has 0 saturated carbocycles. The molecule has 0 aliphatic carbocycles. The third-order valence-electron chi connectivity index (χ3n) is 3.13. The summed E-state index contributed by atoms with van der Waals surface area (Å²) in [6, 6.07) is 7.48. The van der Waals surface area contributed by atoms with Gasteiger partial charge in [-0.15, -0.1) is 0 Å². The summed E-state index contributed by atoms with van der Waals surface area (Å²) >= 11 is 5.56. The van der Waals surface area contributed by atoms with Crippen LogP contribution in [0.4, 0.5) is 17.6 Å². The van der Waals surface area contributed by atoms with Gasteiger partial charge in [-0.3, -0.25) is 20.4 Å². The molecule has 2 aromatic carbocycles. The Kier molecular flexibility index (Phi) is 7.05. The number of hydrogen-bond donors (Lipinski definition) is 2. The Labute approximate surface area is 161 Å². The fourth-order valence-corrected chi connectivity index (χ4v) is 2.01. The number of nitrogens with one attached hydrogen (secondary N) is 2. The van der Waals surface area contributed by atoms with Gasteiger partial charge in [-0.1, -0.05) is 17.7 Å². The highest BCUT2D eigenvalue weighted by atomic mass is 35.5. The first-order valence-electron chi connectivity index (χ1n) is 7.61. The smallest absolute Gasteiger partial charge is 0.416 e. The minimum Gasteiger partial charge on any atom is -0.484 e. The van der Waals surface area contributed by atoms with E-state index in [-0.39, 0.29) is 16.5 Å². The van der Waals surface area contributed by atoms with Crippen molar-refractivity contribution in [1.29, 1.82) is 0 Å². The van der Waals surface area contributed by atoms with Crippen LogP contribution in [-0.2, 0) is 15.8 Å². The summed E-state index contributed by atoms with van der Waals surface area (Å²) in [6.07, 6.45) is -4.54. The van der Waals surface area contributed by atoms with Crippen molar-refractivity contribution in [2.75, 3.05) is 13.2 Å². The molecule has 0 saturated heterocycles. The molecule has 0 aliphatic rings. The van der Waals surface area contributed by atoms with Gasteiger partial charge in [0.25, 0.3) is 11.8 Å². The second kappa shape index (κ2) is 9.27. The zero-order chi connectivity index (χ0) is 20.7. The maximum Gasteiger partial charge on any atom is 0.416 e. The molecule has 0 atom stereocenters. The Morgan fingerprint density at radius 2 is 1.50 bits per heavy atom. The van der Waals surface area contributed by atoms with Crippen LogP contribution in [0.3, 0.4) is 0 Å². The number of benzene rings is 2. The molecular formula is C17H13ClF4N2O4. The van der Waals surface area contributed by atoms with Gasteiger partial charge in [0, 0.05) is 6.07 Å². The lowest BCUT2D eigenvalue weighted by Crippen LogP contribution is -2.45. The Hall–Kier alpha value is -3.01. The average molecular weight is 421 g/mol. The molecule has 0 aliphatic heterocycles. The maximum atomic E-state index is 13.0. The average Bonchev–Trinajstić information content (AvgIpc) is 2.65. The summed E-state index contributed by atoms with van der Waals surface area (Å²) < 4.78 is 60.8. The molecule has 6 nitrogen and oxygen atoms in total. The van der Waals surface area contributed by atoms with Crippen molar-refractivity contribution in [2.24, 2.45) is 0 Å². The monoisotopic (exact) mass is 420 g/mol. The van der Waals surface area contributed by atoms with Crippen molar-refractivity contribution < 1.29 is 36.6 Å². The fraction of sp³-hybridized carbons (Fsp3) is 0.176. The second-order valence-corrected chi connectivity index (χ2v) is 5.68. The first-order valence-corrected chi connectivity index (χ1v) is 7.98. The summed E-state index contributed by atoms with van der Waals surface area (Å²) in [7, 11) is 0. The zero-order valence-corrected chi connectivity index (χ0v) is 14.7. The number of amides is 2. The van der Waals surface area contributed by atoms with Crippen LogP contribution in [0.1, 0.15) is 5.56 Å². The summed E-state index contributed by atoms with van der Waals surface area (Å²) in [4.78, 5) is 23.2. The normalized spacial score (nSPS) is 10.9. The standard InChI is InChI=1S/C17H13ClF4N2O4/c18-13-7-12(4-5-14(13)19)28-9-16(26)24-23-15(25)8-27-11-3-1-2-10(6-11)17(20,21)22/h1-7H,8-9H2,(H,23,25)(H,24,26). The summed E-state index contributed by atoms with van der Waals surface area (Å²) in [5.41, 5.74) is 3.10. The molecule has 2 aromatic rings. The van der Waals surface area contributed by atoms with Gasteiger partial charge >= 0.3 is 6.18 Å². The molecule has 0 radical (unpaired) electrons. The van der Waals surface area contributed by atoms with Crippen LogP contribution in [-0.4, -0.2) is 25.0 Å². The molecule has 0 unspecified atom stereocenters. The van der Waals surface area contributed by atoms with Crippen LogP contribution >= 0.6 is 11.6 Å². The zero-order valence-electron chi connectivity index (χ0n) is 14.0. The maximum absolute atomic E-state index is 13.0. The van der Waals surface area contributed by atoms with E-state index in [1.807, 2.05) is 10.9 Å². The molecule has 0 fully saturated rings. The minimum atomic E-state index is -4.54. The molecular weight excluding hydrogens is 408 g/mol. The first kappa shape index (κ1) is 21.3. The summed E-state index contributed by atoms with van der Waals surface area (Å²) in [5, 5.41) is -0.182. The van der Waals surface area contributed by atoms with Crippen molar-refractivity contribution >= 4 is 23.4 Å². The number of carbonyl (C=O) groups excluding carboxylic acids is 2. The predicted octanol–water partition coefficient (Wildman–Crippen LogP) is 3.10. The topological polar surface area (TPSA) is 76.7 Å². The molecule has 0 aromatic heterocycles. The van der Waals surface area contributed by atoms with Crippen LogP contribution in [0.5, 0.6) is 11.5 Å². The number of rotatable bonds is 6. The molecule has 2 amide bonds. The lowest BCUT2D eigenvalue weighted by atomic mass is 10.2. The molecule has 28 heavy (non-hydrogen) atoms. The molecule has 0 bridgehead atoms. The molecule has 150 valence electrons. The highest BCUT2D eigenvalue weighted by molar-refractivity contribution is 6.30. The number of hydrogen-bond acceptors (Lipinski definition) is 4. The van der Waals surface area contributed by atoms with Crippen LogP contribution < -0.4 is 20.3 Å². The number of alkyl halides is 3. The van der Waals surface area contributed by atoms with E-state index in [2.05, 4.69) is 0 Å². The number of carbonyl (C=O) groups is 2. The van der Waals surface area contributed by atoms with Gasteiger partial charge in [0.2, 0.25) is 0 Å². The van der Waals surface area contributed by atoms with Gasteiger partial charge in [-0.2, -0.15) is 13.2 Å². The molecule has 2 rings (SSSR count). The Balaban J connectivity index is 1.73. The lowest BCUT2D eigenvalue weighted by Gasteiger charge is -2.11. The highest BCUT2D eigenvalue weighted by Crippen LogP contribution is 2.31. The van der Waals surface area contributed by atoms with Gasteiger partial charge in [0.15, 0.2) is 13.2 Å². The Bertz CT molecular complexity index is 861. The lowest BCUT2D eigenvalue weighted by molar-refractivity contribution is -0.137. The van der Waals surface area contributed by atoms with E-state index in [4.69, 9.17) is 21.1 Å². The number of halogens is 5. The Morgan fingerprint density at radius 1 is 0.929 bits per heavy atom. The Morgan fingerprint density at radius 3 is 2.04 bits per heavy atom. The third kappa shape index (κ3) is 6.62. The quantitative estimate of drug-likeness (QED) is 0.556. The molecule has 2 N–H and O–H groups in total. The SMILES string of the molecule is O=C(COc1cccc(C(F)(F)F)c1)NNC(=O)COc1ccc(F)c(Cl)c1. The highest BCUT2D eigenvalue weighted by Gasteiger charge is 2.30. The minimum absolute atomic E-state index is 0.140. The van der Waals surface area contributed by atoms with Crippen molar-refractivity contribution in [3.8, 4) is 11.5 Å². The second-order valence-electron chi connectivity index (χ2n) is 5.28.